The Kier molecular flexibility index (Phi) is 14.7. The maximum atomic E-state index is 11.0. The van der Waals surface area contributed by atoms with Gasteiger partial charge in [-0.2, -0.15) is 0 Å². The van der Waals surface area contributed by atoms with Crippen LogP contribution < -0.4 is 0 Å². The Hall–Kier alpha value is -0.960. The average Bonchev–Trinajstić information content (AvgIpc) is 3.14. The third-order valence-electron chi connectivity index (χ3n) is 9.90. The SMILES string of the molecule is C[C@@H]1O[C@H](O)[C@H](O)[C@H](O)[C@H]1O[C@@H]1OC[C@@H](O[C@H]2O[C@@H](CO)[C@H](O[C@@H]3O[C@H](CO)[C@@H](O[C@@H]4O[C@H](CO)[C@@H](O)[C@H](O)[C@@H]4O)[C@H](O)[C@@H]3O)[C@@H](O)[C@@H]2O)[C@H](O)[C@@H]1O. The van der Waals surface area contributed by atoms with E-state index in [2.05, 4.69) is 0 Å². The number of aliphatic hydroxyl groups excluding tert-OH is 15. The van der Waals surface area contributed by atoms with Crippen LogP contribution in [0.2, 0.25) is 0 Å². The van der Waals surface area contributed by atoms with Crippen molar-refractivity contribution in [1.82, 2.24) is 0 Å². The Bertz CT molecular complexity index is 1140. The van der Waals surface area contributed by atoms with Crippen LogP contribution in [0.3, 0.4) is 0 Å². The van der Waals surface area contributed by atoms with Crippen molar-refractivity contribution in [1.29, 1.82) is 0 Å². The Morgan fingerprint density at radius 3 is 1.34 bits per heavy atom. The van der Waals surface area contributed by atoms with E-state index in [9.17, 15) is 76.6 Å². The molecule has 0 aromatic carbocycles. The zero-order valence-corrected chi connectivity index (χ0v) is 28.1. The van der Waals surface area contributed by atoms with Crippen molar-refractivity contribution in [3.8, 4) is 0 Å². The Balaban J connectivity index is 1.18. The van der Waals surface area contributed by atoms with Crippen LogP contribution in [-0.2, 0) is 42.6 Å². The monoisotopic (exact) mass is 782 g/mol. The van der Waals surface area contributed by atoms with Crippen molar-refractivity contribution in [3.63, 3.8) is 0 Å². The number of hydrogen-bond donors (Lipinski definition) is 15. The van der Waals surface area contributed by atoms with Crippen LogP contribution in [0.15, 0.2) is 0 Å². The minimum Gasteiger partial charge on any atom is -0.394 e. The fourth-order valence-corrected chi connectivity index (χ4v) is 6.70. The summed E-state index contributed by atoms with van der Waals surface area (Å²) in [6.07, 6.45) is -40.8. The van der Waals surface area contributed by atoms with Gasteiger partial charge in [0.1, 0.15) is 110 Å². The van der Waals surface area contributed by atoms with Crippen molar-refractivity contribution < 1.29 is 119 Å². The number of rotatable bonds is 11. The van der Waals surface area contributed by atoms with E-state index in [-0.39, 0.29) is 0 Å². The molecular weight excluding hydrogens is 732 g/mol. The second kappa shape index (κ2) is 18.1. The summed E-state index contributed by atoms with van der Waals surface area (Å²) in [4.78, 5) is 0. The smallest absolute Gasteiger partial charge is 0.187 e. The van der Waals surface area contributed by atoms with E-state index >= 15 is 0 Å². The van der Waals surface area contributed by atoms with Crippen molar-refractivity contribution in [2.45, 2.75) is 154 Å². The molecule has 0 saturated carbocycles. The highest BCUT2D eigenvalue weighted by Crippen LogP contribution is 2.34. The molecule has 15 N–H and O–H groups in total. The van der Waals surface area contributed by atoms with Gasteiger partial charge >= 0.3 is 0 Å². The summed E-state index contributed by atoms with van der Waals surface area (Å²) >= 11 is 0. The molecule has 0 amide bonds. The molecule has 5 aliphatic rings. The van der Waals surface area contributed by atoms with E-state index in [4.69, 9.17) is 42.6 Å². The van der Waals surface area contributed by atoms with E-state index < -0.39 is 174 Å². The lowest BCUT2D eigenvalue weighted by molar-refractivity contribution is -0.386. The predicted octanol–water partition coefficient (Wildman–Crippen LogP) is -10.3. The molecule has 5 saturated heterocycles. The molecule has 0 aliphatic carbocycles. The van der Waals surface area contributed by atoms with Gasteiger partial charge in [-0.3, -0.25) is 0 Å². The van der Waals surface area contributed by atoms with E-state index in [0.717, 1.165) is 0 Å². The predicted molar refractivity (Wildman–Crippen MR) is 159 cm³/mol. The molecule has 5 heterocycles. The van der Waals surface area contributed by atoms with E-state index in [0.29, 0.717) is 0 Å². The molecule has 5 fully saturated rings. The fraction of sp³-hybridized carbons (Fsp3) is 1.00. The summed E-state index contributed by atoms with van der Waals surface area (Å²) in [5.74, 6) is 0. The third-order valence-corrected chi connectivity index (χ3v) is 9.90. The highest BCUT2D eigenvalue weighted by molar-refractivity contribution is 4.97. The lowest BCUT2D eigenvalue weighted by Crippen LogP contribution is -2.67. The van der Waals surface area contributed by atoms with E-state index in [1.807, 2.05) is 0 Å². The molecule has 24 atom stereocenters. The van der Waals surface area contributed by atoms with Crippen LogP contribution in [0.25, 0.3) is 0 Å². The molecule has 24 heteroatoms. The molecule has 310 valence electrons. The summed E-state index contributed by atoms with van der Waals surface area (Å²) in [6.45, 7) is -1.71. The standard InChI is InChI=1S/C29H50O24/c1-6-22(14(36)17(39)25(44)46-6)51-26-18(40)12(34)10(5-45-26)50-27-20(42)15(37)23(8(3-31)48-27)53-29-21(43)16(38)24(9(4-32)49-29)52-28-19(41)13(35)11(33)7(2-30)47-28/h6-44H,2-5H2,1H3/t6-,7+,8-,9+,10+,11+,12-,13-,14-,15-,16+,17+,18-,19-,20-,21-,22-,23-,24+,25-,26-,27+,28-,29-/m0/s1. The normalized spacial score (nSPS) is 54.1. The van der Waals surface area contributed by atoms with Gasteiger partial charge in [-0.1, -0.05) is 0 Å². The highest BCUT2D eigenvalue weighted by atomic mass is 16.8. The minimum atomic E-state index is -2.03. The van der Waals surface area contributed by atoms with Gasteiger partial charge in [0.25, 0.3) is 0 Å². The van der Waals surface area contributed by atoms with Crippen LogP contribution in [0.1, 0.15) is 6.92 Å². The lowest BCUT2D eigenvalue weighted by atomic mass is 9.96. The summed E-state index contributed by atoms with van der Waals surface area (Å²) in [6, 6.07) is 0. The van der Waals surface area contributed by atoms with Crippen LogP contribution in [0.5, 0.6) is 0 Å². The molecule has 5 rings (SSSR count). The number of aliphatic hydroxyl groups is 15. The maximum absolute atomic E-state index is 11.0. The Morgan fingerprint density at radius 1 is 0.415 bits per heavy atom. The maximum Gasteiger partial charge on any atom is 0.187 e. The first-order valence-electron chi connectivity index (χ1n) is 16.9. The van der Waals surface area contributed by atoms with Gasteiger partial charge in [-0.25, -0.2) is 0 Å². The second-order valence-electron chi connectivity index (χ2n) is 13.5. The van der Waals surface area contributed by atoms with Crippen LogP contribution in [0, 0.1) is 0 Å². The summed E-state index contributed by atoms with van der Waals surface area (Å²) in [5, 5.41) is 155. The van der Waals surface area contributed by atoms with Crippen molar-refractivity contribution in [3.05, 3.63) is 0 Å². The van der Waals surface area contributed by atoms with Gasteiger partial charge in [0.05, 0.1) is 32.5 Å². The van der Waals surface area contributed by atoms with Gasteiger partial charge < -0.3 is 119 Å². The Morgan fingerprint density at radius 2 is 0.830 bits per heavy atom. The molecule has 0 bridgehead atoms. The van der Waals surface area contributed by atoms with Gasteiger partial charge in [0.2, 0.25) is 0 Å². The zero-order chi connectivity index (χ0) is 39.0. The van der Waals surface area contributed by atoms with Gasteiger partial charge in [-0.05, 0) is 6.92 Å². The van der Waals surface area contributed by atoms with Crippen molar-refractivity contribution >= 4 is 0 Å². The number of ether oxygens (including phenoxy) is 9. The molecular formula is C29H50O24. The molecule has 5 aliphatic heterocycles. The number of hydrogen-bond acceptors (Lipinski definition) is 24. The van der Waals surface area contributed by atoms with Gasteiger partial charge in [-0.15, -0.1) is 0 Å². The minimum absolute atomic E-state index is 0.520. The van der Waals surface area contributed by atoms with E-state index in [1.165, 1.54) is 6.92 Å². The second-order valence-corrected chi connectivity index (χ2v) is 13.5. The quantitative estimate of drug-likeness (QED) is 0.0925. The van der Waals surface area contributed by atoms with Gasteiger partial charge in [0, 0.05) is 0 Å². The summed E-state index contributed by atoms with van der Waals surface area (Å²) in [7, 11) is 0. The molecule has 0 aromatic heterocycles. The van der Waals surface area contributed by atoms with Crippen LogP contribution in [-0.4, -0.2) is 250 Å². The third kappa shape index (κ3) is 8.81. The molecule has 53 heavy (non-hydrogen) atoms. The first-order valence-corrected chi connectivity index (χ1v) is 16.9. The van der Waals surface area contributed by atoms with Crippen LogP contribution >= 0.6 is 0 Å². The Labute approximate surface area is 300 Å². The van der Waals surface area contributed by atoms with Crippen molar-refractivity contribution in [2.24, 2.45) is 0 Å². The topological polar surface area (TPSA) is 387 Å². The first kappa shape index (κ1) is 43.2. The molecule has 0 aromatic rings. The fourth-order valence-electron chi connectivity index (χ4n) is 6.70. The highest BCUT2D eigenvalue weighted by Gasteiger charge is 2.55. The molecule has 24 nitrogen and oxygen atoms in total. The summed E-state index contributed by atoms with van der Waals surface area (Å²) in [5.41, 5.74) is 0. The largest absolute Gasteiger partial charge is 0.394 e. The average molecular weight is 783 g/mol. The molecule has 0 spiro atoms. The van der Waals surface area contributed by atoms with E-state index in [1.54, 1.807) is 0 Å². The van der Waals surface area contributed by atoms with Crippen LogP contribution in [0.4, 0.5) is 0 Å². The molecule has 0 radical (unpaired) electrons. The van der Waals surface area contributed by atoms with Crippen molar-refractivity contribution in [2.75, 3.05) is 26.4 Å². The summed E-state index contributed by atoms with van der Waals surface area (Å²) < 4.78 is 49.1. The van der Waals surface area contributed by atoms with Gasteiger partial charge in [0.15, 0.2) is 31.5 Å². The lowest BCUT2D eigenvalue weighted by Gasteiger charge is -2.48. The zero-order valence-electron chi connectivity index (χ0n) is 28.1. The molecule has 0 unspecified atom stereocenters. The first-order chi connectivity index (χ1) is 25.0.